The third-order valence-corrected chi connectivity index (χ3v) is 3.53. The number of hydrogen-bond acceptors (Lipinski definition) is 1. The van der Waals surface area contributed by atoms with Crippen LogP contribution < -0.4 is 5.56 Å². The minimum atomic E-state index is 0.159. The zero-order chi connectivity index (χ0) is 11.4. The van der Waals surface area contributed by atoms with Crippen molar-refractivity contribution in [2.75, 3.05) is 5.88 Å². The highest BCUT2D eigenvalue weighted by molar-refractivity contribution is 6.17. The topological polar surface area (TPSA) is 22.0 Å². The molecule has 0 saturated carbocycles. The normalized spacial score (nSPS) is 14.1. The van der Waals surface area contributed by atoms with Gasteiger partial charge in [-0.3, -0.25) is 4.79 Å². The number of nitrogens with zero attached hydrogens (tertiary/aromatic N) is 1. The third kappa shape index (κ3) is 2.49. The molecule has 2 rings (SSSR count). The van der Waals surface area contributed by atoms with Crippen LogP contribution in [0.5, 0.6) is 0 Å². The fourth-order valence-corrected chi connectivity index (χ4v) is 2.61. The monoisotopic (exact) mass is 239 g/mol. The number of fused-ring (bicyclic) bond motifs is 1. The van der Waals surface area contributed by atoms with Crippen LogP contribution in [0.15, 0.2) is 16.9 Å². The number of hydrogen-bond donors (Lipinski definition) is 0. The van der Waals surface area contributed by atoms with E-state index >= 15 is 0 Å². The van der Waals surface area contributed by atoms with Crippen molar-refractivity contribution >= 4 is 11.6 Å². The predicted molar refractivity (Wildman–Crippen MR) is 67.3 cm³/mol. The van der Waals surface area contributed by atoms with Gasteiger partial charge in [0, 0.05) is 24.2 Å². The summed E-state index contributed by atoms with van der Waals surface area (Å²) in [5.74, 6) is 0.724. The molecule has 0 aromatic carbocycles. The lowest BCUT2D eigenvalue weighted by molar-refractivity contribution is 0.570. The van der Waals surface area contributed by atoms with E-state index in [1.165, 1.54) is 17.7 Å². The van der Waals surface area contributed by atoms with E-state index in [0.717, 1.165) is 44.5 Å². The first-order valence-corrected chi connectivity index (χ1v) is 6.64. The quantitative estimate of drug-likeness (QED) is 0.572. The fraction of sp³-hybridized carbons (Fsp3) is 0.615. The molecule has 88 valence electrons. The first-order valence-electron chi connectivity index (χ1n) is 6.10. The van der Waals surface area contributed by atoms with E-state index in [0.29, 0.717) is 0 Å². The second-order valence-corrected chi connectivity index (χ2v) is 4.78. The van der Waals surface area contributed by atoms with Crippen molar-refractivity contribution in [1.29, 1.82) is 0 Å². The van der Waals surface area contributed by atoms with Gasteiger partial charge < -0.3 is 4.57 Å². The van der Waals surface area contributed by atoms with E-state index in [4.69, 9.17) is 11.6 Å². The number of halogens is 1. The van der Waals surface area contributed by atoms with Crippen molar-refractivity contribution in [3.63, 3.8) is 0 Å². The zero-order valence-electron chi connectivity index (χ0n) is 9.54. The third-order valence-electron chi connectivity index (χ3n) is 3.26. The van der Waals surface area contributed by atoms with Crippen LogP contribution in [-0.4, -0.2) is 10.4 Å². The zero-order valence-corrected chi connectivity index (χ0v) is 10.3. The van der Waals surface area contributed by atoms with E-state index in [2.05, 4.69) is 0 Å². The Hall–Kier alpha value is -0.760. The Labute approximate surface area is 101 Å². The number of alkyl halides is 1. The molecule has 3 heteroatoms. The number of rotatable bonds is 5. The van der Waals surface area contributed by atoms with Gasteiger partial charge in [0.05, 0.1) is 0 Å². The van der Waals surface area contributed by atoms with Gasteiger partial charge in [0.2, 0.25) is 0 Å². The molecule has 0 N–H and O–H groups in total. The van der Waals surface area contributed by atoms with Crippen LogP contribution in [0.2, 0.25) is 0 Å². The van der Waals surface area contributed by atoms with E-state index in [-0.39, 0.29) is 5.56 Å². The molecule has 1 aliphatic carbocycles. The van der Waals surface area contributed by atoms with Crippen molar-refractivity contribution < 1.29 is 0 Å². The molecule has 2 nitrogen and oxygen atoms in total. The average molecular weight is 240 g/mol. The molecule has 0 aliphatic heterocycles. The summed E-state index contributed by atoms with van der Waals surface area (Å²) in [6, 6.07) is 3.71. The first-order chi connectivity index (χ1) is 7.83. The van der Waals surface area contributed by atoms with E-state index in [1.807, 2.05) is 10.6 Å². The largest absolute Gasteiger partial charge is 0.312 e. The molecule has 0 amide bonds. The fourth-order valence-electron chi connectivity index (χ4n) is 2.42. The second kappa shape index (κ2) is 5.53. The summed E-state index contributed by atoms with van der Waals surface area (Å²) in [4.78, 5) is 11.8. The van der Waals surface area contributed by atoms with Gasteiger partial charge in [-0.2, -0.15) is 0 Å². The Kier molecular flexibility index (Phi) is 4.05. The summed E-state index contributed by atoms with van der Waals surface area (Å²) in [7, 11) is 0. The molecule has 0 atom stereocenters. The Morgan fingerprint density at radius 1 is 1.19 bits per heavy atom. The summed E-state index contributed by atoms with van der Waals surface area (Å²) in [6.07, 6.45) is 6.62. The minimum Gasteiger partial charge on any atom is -0.312 e. The number of aryl methyl sites for hydroxylation is 1. The molecule has 1 heterocycles. The van der Waals surface area contributed by atoms with Gasteiger partial charge in [0.25, 0.3) is 5.56 Å². The van der Waals surface area contributed by atoms with Crippen molar-refractivity contribution in [2.24, 2.45) is 0 Å². The standard InChI is InChI=1S/C13H18ClNO/c14-9-2-1-3-10-15-12-6-4-5-11(12)7-8-13(15)16/h7-8H,1-6,9-10H2. The van der Waals surface area contributed by atoms with Crippen LogP contribution in [0.3, 0.4) is 0 Å². The van der Waals surface area contributed by atoms with Crippen LogP contribution in [0.4, 0.5) is 0 Å². The van der Waals surface area contributed by atoms with Gasteiger partial charge in [-0.25, -0.2) is 0 Å². The van der Waals surface area contributed by atoms with Gasteiger partial charge in [-0.15, -0.1) is 11.6 Å². The van der Waals surface area contributed by atoms with Gasteiger partial charge in [0.1, 0.15) is 0 Å². The maximum atomic E-state index is 11.8. The molecule has 0 unspecified atom stereocenters. The average Bonchev–Trinajstić information content (AvgIpc) is 2.75. The van der Waals surface area contributed by atoms with E-state index < -0.39 is 0 Å². The molecule has 16 heavy (non-hydrogen) atoms. The smallest absolute Gasteiger partial charge is 0.250 e. The molecular weight excluding hydrogens is 222 g/mol. The molecule has 1 aliphatic rings. The van der Waals surface area contributed by atoms with E-state index in [1.54, 1.807) is 6.07 Å². The lowest BCUT2D eigenvalue weighted by Crippen LogP contribution is -2.22. The Bertz CT molecular complexity index is 411. The van der Waals surface area contributed by atoms with Gasteiger partial charge in [-0.05, 0) is 37.7 Å². The van der Waals surface area contributed by atoms with Crippen LogP contribution in [-0.2, 0) is 19.4 Å². The maximum absolute atomic E-state index is 11.8. The van der Waals surface area contributed by atoms with Gasteiger partial charge in [0.15, 0.2) is 0 Å². The summed E-state index contributed by atoms with van der Waals surface area (Å²) < 4.78 is 1.97. The highest BCUT2D eigenvalue weighted by Gasteiger charge is 2.14. The number of pyridine rings is 1. The maximum Gasteiger partial charge on any atom is 0.250 e. The molecular formula is C13H18ClNO. The molecule has 0 fully saturated rings. The summed E-state index contributed by atoms with van der Waals surface area (Å²) in [6.45, 7) is 0.860. The van der Waals surface area contributed by atoms with Crippen LogP contribution in [0.25, 0.3) is 0 Å². The lowest BCUT2D eigenvalue weighted by atomic mass is 10.2. The van der Waals surface area contributed by atoms with Crippen LogP contribution >= 0.6 is 11.6 Å². The predicted octanol–water partition coefficient (Wildman–Crippen LogP) is 2.75. The SMILES string of the molecule is O=c1ccc2c(n1CCCCCCl)CCC2. The molecule has 0 bridgehead atoms. The van der Waals surface area contributed by atoms with E-state index in [9.17, 15) is 4.79 Å². The van der Waals surface area contributed by atoms with Gasteiger partial charge >= 0.3 is 0 Å². The first kappa shape index (κ1) is 11.7. The van der Waals surface area contributed by atoms with Crippen molar-refractivity contribution in [1.82, 2.24) is 4.57 Å². The molecule has 0 saturated heterocycles. The number of unbranched alkanes of at least 4 members (excludes halogenated alkanes) is 2. The Balaban J connectivity index is 2.08. The summed E-state index contributed by atoms with van der Waals surface area (Å²) >= 11 is 5.64. The van der Waals surface area contributed by atoms with Crippen molar-refractivity contribution in [3.8, 4) is 0 Å². The van der Waals surface area contributed by atoms with Gasteiger partial charge in [-0.1, -0.05) is 12.5 Å². The highest BCUT2D eigenvalue weighted by Crippen LogP contribution is 2.20. The molecule has 0 spiro atoms. The highest BCUT2D eigenvalue weighted by atomic mass is 35.5. The Morgan fingerprint density at radius 2 is 2.06 bits per heavy atom. The minimum absolute atomic E-state index is 0.159. The van der Waals surface area contributed by atoms with Crippen molar-refractivity contribution in [2.45, 2.75) is 45.1 Å². The molecule has 1 aromatic rings. The lowest BCUT2D eigenvalue weighted by Gasteiger charge is -2.11. The molecule has 0 radical (unpaired) electrons. The summed E-state index contributed by atoms with van der Waals surface area (Å²) in [5, 5.41) is 0. The second-order valence-electron chi connectivity index (χ2n) is 4.40. The van der Waals surface area contributed by atoms with Crippen molar-refractivity contribution in [3.05, 3.63) is 33.7 Å². The molecule has 1 aromatic heterocycles. The Morgan fingerprint density at radius 3 is 2.88 bits per heavy atom. The van der Waals surface area contributed by atoms with Crippen LogP contribution in [0, 0.1) is 0 Å². The summed E-state index contributed by atoms with van der Waals surface area (Å²) in [5.41, 5.74) is 2.81. The van der Waals surface area contributed by atoms with Crippen LogP contribution in [0.1, 0.15) is 36.9 Å². The number of aromatic nitrogens is 1.